The first-order chi connectivity index (χ1) is 11.7. The number of hydrogen-bond donors (Lipinski definition) is 1. The number of benzene rings is 1. The molecule has 1 fully saturated rings. The number of methoxy groups -OCH3 is 1. The highest BCUT2D eigenvalue weighted by Crippen LogP contribution is 2.15. The van der Waals surface area contributed by atoms with Crippen molar-refractivity contribution in [2.45, 2.75) is 25.4 Å². The number of nitrogens with one attached hydrogen (secondary N) is 1. The third kappa shape index (κ3) is 6.47. The summed E-state index contributed by atoms with van der Waals surface area (Å²) in [7, 11) is 3.65. The zero-order valence-corrected chi connectivity index (χ0v) is 14.6. The number of carbonyl (C=O) groups excluding carboxylic acids is 1. The van der Waals surface area contributed by atoms with Crippen molar-refractivity contribution in [1.29, 1.82) is 0 Å². The monoisotopic (exact) mass is 336 g/mol. The molecule has 6 nitrogen and oxygen atoms in total. The van der Waals surface area contributed by atoms with Gasteiger partial charge >= 0.3 is 0 Å². The second kappa shape index (κ2) is 10.3. The van der Waals surface area contributed by atoms with Crippen LogP contribution in [0.4, 0.5) is 0 Å². The zero-order valence-electron chi connectivity index (χ0n) is 14.6. The minimum absolute atomic E-state index is 0.0781. The van der Waals surface area contributed by atoms with Crippen LogP contribution in [0.2, 0.25) is 0 Å². The highest BCUT2D eigenvalue weighted by molar-refractivity contribution is 5.77. The van der Waals surface area contributed by atoms with Crippen LogP contribution in [0, 0.1) is 0 Å². The van der Waals surface area contributed by atoms with Gasteiger partial charge in [0.25, 0.3) is 0 Å². The molecule has 1 aliphatic heterocycles. The fraction of sp³-hybridized carbons (Fsp3) is 0.611. The first-order valence-electron chi connectivity index (χ1n) is 8.44. The van der Waals surface area contributed by atoms with Crippen molar-refractivity contribution in [2.75, 3.05) is 47.1 Å². The van der Waals surface area contributed by atoms with Gasteiger partial charge in [0, 0.05) is 39.5 Å². The lowest BCUT2D eigenvalue weighted by molar-refractivity contribution is -0.124. The van der Waals surface area contributed by atoms with E-state index >= 15 is 0 Å². The molecule has 0 saturated carbocycles. The molecule has 1 N–H and O–H groups in total. The lowest BCUT2D eigenvalue weighted by atomic mass is 10.1. The Bertz CT molecular complexity index is 504. The first kappa shape index (κ1) is 18.7. The summed E-state index contributed by atoms with van der Waals surface area (Å²) >= 11 is 0. The maximum atomic E-state index is 11.4. The van der Waals surface area contributed by atoms with Crippen LogP contribution >= 0.6 is 0 Å². The van der Waals surface area contributed by atoms with E-state index in [0.717, 1.165) is 43.9 Å². The predicted molar refractivity (Wildman–Crippen MR) is 92.1 cm³/mol. The van der Waals surface area contributed by atoms with Gasteiger partial charge < -0.3 is 19.5 Å². The van der Waals surface area contributed by atoms with Crippen LogP contribution in [0.25, 0.3) is 0 Å². The number of hydrogen-bond acceptors (Lipinski definition) is 5. The number of nitrogens with zero attached hydrogens (tertiary/aromatic N) is 1. The maximum absolute atomic E-state index is 11.4. The summed E-state index contributed by atoms with van der Waals surface area (Å²) in [5.74, 6) is 0.704. The minimum atomic E-state index is -0.123. The molecule has 2 rings (SSSR count). The summed E-state index contributed by atoms with van der Waals surface area (Å²) in [6.45, 7) is 3.79. The molecule has 0 aromatic heterocycles. The van der Waals surface area contributed by atoms with Crippen LogP contribution in [-0.2, 0) is 20.8 Å². The number of rotatable bonds is 9. The van der Waals surface area contributed by atoms with Gasteiger partial charge in [0.05, 0.1) is 0 Å². The lowest BCUT2D eigenvalue weighted by Gasteiger charge is -2.31. The second-order valence-electron chi connectivity index (χ2n) is 6.03. The summed E-state index contributed by atoms with van der Waals surface area (Å²) in [6.07, 6.45) is 2.18. The van der Waals surface area contributed by atoms with Crippen LogP contribution < -0.4 is 10.1 Å². The van der Waals surface area contributed by atoms with Gasteiger partial charge in [-0.2, -0.15) is 0 Å². The van der Waals surface area contributed by atoms with Gasteiger partial charge in [-0.3, -0.25) is 9.69 Å². The summed E-state index contributed by atoms with van der Waals surface area (Å²) in [4.78, 5) is 13.8. The Hall–Kier alpha value is -1.63. The molecule has 0 aliphatic carbocycles. The molecular weight excluding hydrogens is 308 g/mol. The van der Waals surface area contributed by atoms with E-state index in [0.29, 0.717) is 19.2 Å². The van der Waals surface area contributed by atoms with E-state index in [-0.39, 0.29) is 12.5 Å². The Morgan fingerprint density at radius 2 is 2.17 bits per heavy atom. The Labute approximate surface area is 144 Å². The average molecular weight is 336 g/mol. The molecule has 134 valence electrons. The molecule has 1 aromatic rings. The molecular formula is C18H28N2O4. The zero-order chi connectivity index (χ0) is 17.2. The van der Waals surface area contributed by atoms with Crippen molar-refractivity contribution in [3.05, 3.63) is 29.8 Å². The van der Waals surface area contributed by atoms with Gasteiger partial charge in [0.15, 0.2) is 0 Å². The molecule has 6 heteroatoms. The van der Waals surface area contributed by atoms with Crippen molar-refractivity contribution < 1.29 is 19.0 Å². The predicted octanol–water partition coefficient (Wildman–Crippen LogP) is 1.44. The number of carbonyl (C=O) groups is 1. The highest BCUT2D eigenvalue weighted by atomic mass is 16.5. The molecule has 1 amide bonds. The van der Waals surface area contributed by atoms with E-state index in [4.69, 9.17) is 14.2 Å². The minimum Gasteiger partial charge on any atom is -0.492 e. The Morgan fingerprint density at radius 1 is 1.38 bits per heavy atom. The highest BCUT2D eigenvalue weighted by Gasteiger charge is 2.17. The molecule has 1 heterocycles. The Kier molecular flexibility index (Phi) is 8.01. The number of ether oxygens (including phenoxy) is 3. The summed E-state index contributed by atoms with van der Waals surface area (Å²) in [6, 6.07) is 8.39. The van der Waals surface area contributed by atoms with Crippen LogP contribution in [0.1, 0.15) is 18.4 Å². The molecule has 1 saturated heterocycles. The second-order valence-corrected chi connectivity index (χ2v) is 6.03. The van der Waals surface area contributed by atoms with Gasteiger partial charge in [-0.25, -0.2) is 0 Å². The van der Waals surface area contributed by atoms with E-state index in [1.54, 1.807) is 0 Å². The fourth-order valence-electron chi connectivity index (χ4n) is 2.74. The number of likely N-dealkylation sites (N-methyl/N-ethyl adjacent to an activating group) is 1. The van der Waals surface area contributed by atoms with Gasteiger partial charge in [0.2, 0.25) is 5.91 Å². The molecule has 0 radical (unpaired) electrons. The fourth-order valence-corrected chi connectivity index (χ4v) is 2.74. The molecule has 0 spiro atoms. The van der Waals surface area contributed by atoms with Crippen LogP contribution in [0.5, 0.6) is 5.75 Å². The van der Waals surface area contributed by atoms with Gasteiger partial charge in [-0.15, -0.1) is 0 Å². The maximum Gasteiger partial charge on any atom is 0.246 e. The molecule has 24 heavy (non-hydrogen) atoms. The molecule has 1 aliphatic rings. The molecule has 0 bridgehead atoms. The molecule has 0 atom stereocenters. The van der Waals surface area contributed by atoms with Crippen molar-refractivity contribution in [1.82, 2.24) is 10.2 Å². The standard InChI is InChI=1S/C18H28N2O4/c1-20(16-6-9-23-10-7-16)8-11-24-17-5-3-4-15(12-17)13-19-18(21)14-22-2/h3-5,12,16H,6-11,13-14H2,1-2H3,(H,19,21). The van der Waals surface area contributed by atoms with E-state index in [1.807, 2.05) is 24.3 Å². The summed E-state index contributed by atoms with van der Waals surface area (Å²) in [5, 5.41) is 2.80. The average Bonchev–Trinajstić information content (AvgIpc) is 2.61. The third-order valence-corrected chi connectivity index (χ3v) is 4.19. The van der Waals surface area contributed by atoms with Crippen molar-refractivity contribution in [3.8, 4) is 5.75 Å². The topological polar surface area (TPSA) is 60.0 Å². The van der Waals surface area contributed by atoms with Crippen molar-refractivity contribution in [2.24, 2.45) is 0 Å². The van der Waals surface area contributed by atoms with Gasteiger partial charge in [-0.05, 0) is 37.6 Å². The van der Waals surface area contributed by atoms with Crippen molar-refractivity contribution >= 4 is 5.91 Å². The smallest absolute Gasteiger partial charge is 0.246 e. The van der Waals surface area contributed by atoms with E-state index in [2.05, 4.69) is 17.3 Å². The summed E-state index contributed by atoms with van der Waals surface area (Å²) in [5.41, 5.74) is 1.01. The first-order valence-corrected chi connectivity index (χ1v) is 8.44. The van der Waals surface area contributed by atoms with Crippen molar-refractivity contribution in [3.63, 3.8) is 0 Å². The molecule has 0 unspecified atom stereocenters. The Balaban J connectivity index is 1.72. The normalized spacial score (nSPS) is 15.5. The van der Waals surface area contributed by atoms with Crippen LogP contribution in [0.3, 0.4) is 0 Å². The lowest BCUT2D eigenvalue weighted by Crippen LogP contribution is -2.38. The largest absolute Gasteiger partial charge is 0.492 e. The third-order valence-electron chi connectivity index (χ3n) is 4.19. The van der Waals surface area contributed by atoms with Gasteiger partial charge in [0.1, 0.15) is 19.0 Å². The quantitative estimate of drug-likeness (QED) is 0.739. The van der Waals surface area contributed by atoms with Crippen LogP contribution in [0.15, 0.2) is 24.3 Å². The van der Waals surface area contributed by atoms with E-state index < -0.39 is 0 Å². The SMILES string of the molecule is COCC(=O)NCc1cccc(OCCN(C)C2CCOCC2)c1. The van der Waals surface area contributed by atoms with E-state index in [9.17, 15) is 4.79 Å². The molecule has 1 aromatic carbocycles. The Morgan fingerprint density at radius 3 is 2.92 bits per heavy atom. The van der Waals surface area contributed by atoms with Gasteiger partial charge in [-0.1, -0.05) is 12.1 Å². The number of amides is 1. The van der Waals surface area contributed by atoms with Crippen LogP contribution in [-0.4, -0.2) is 64.0 Å². The summed E-state index contributed by atoms with van der Waals surface area (Å²) < 4.78 is 16.0. The van der Waals surface area contributed by atoms with E-state index in [1.165, 1.54) is 7.11 Å².